The molecule has 8 heteroatoms. The first-order chi connectivity index (χ1) is 10.1. The molecule has 1 aromatic heterocycles. The van der Waals surface area contributed by atoms with Crippen molar-refractivity contribution < 1.29 is 18.7 Å². The smallest absolute Gasteiger partial charge is 0.409 e. The molecule has 1 aliphatic heterocycles. The molecule has 0 saturated carbocycles. The zero-order chi connectivity index (χ0) is 15.2. The average molecular weight is 296 g/mol. The van der Waals surface area contributed by atoms with Gasteiger partial charge in [-0.25, -0.2) is 10.6 Å². The number of nitrogen functional groups attached to an aromatic ring is 1. The fraction of sp³-hybridized carbons (Fsp3) is 0.538. The van der Waals surface area contributed by atoms with E-state index >= 15 is 0 Å². The Morgan fingerprint density at radius 3 is 2.71 bits per heavy atom. The van der Waals surface area contributed by atoms with E-state index in [0.717, 1.165) is 13.1 Å². The molecule has 0 spiro atoms. The number of nitrogens with two attached hydrogens (primary N) is 1. The van der Waals surface area contributed by atoms with Crippen LogP contribution in [0.25, 0.3) is 0 Å². The minimum atomic E-state index is -0.378. The van der Waals surface area contributed by atoms with Crippen molar-refractivity contribution in [3.05, 3.63) is 23.7 Å². The molecule has 3 N–H and O–H groups in total. The number of hydrogen-bond acceptors (Lipinski definition) is 6. The van der Waals surface area contributed by atoms with E-state index in [1.807, 2.05) is 0 Å². The topological polar surface area (TPSA) is 101 Å². The van der Waals surface area contributed by atoms with Crippen LogP contribution < -0.4 is 11.3 Å². The lowest BCUT2D eigenvalue weighted by molar-refractivity contribution is 0.0760. The van der Waals surface area contributed by atoms with Gasteiger partial charge < -0.3 is 14.1 Å². The fourth-order valence-corrected chi connectivity index (χ4v) is 2.19. The summed E-state index contributed by atoms with van der Waals surface area (Å²) in [4.78, 5) is 26.8. The van der Waals surface area contributed by atoms with E-state index in [2.05, 4.69) is 10.3 Å². The summed E-state index contributed by atoms with van der Waals surface area (Å²) in [6.07, 6.45) is 1.11. The van der Waals surface area contributed by atoms with Crippen molar-refractivity contribution in [2.75, 3.05) is 32.8 Å². The van der Waals surface area contributed by atoms with Crippen LogP contribution >= 0.6 is 0 Å². The van der Waals surface area contributed by atoms with E-state index in [-0.39, 0.29) is 12.0 Å². The molecule has 0 radical (unpaired) electrons. The highest BCUT2D eigenvalue weighted by molar-refractivity contribution is 5.93. The lowest BCUT2D eigenvalue weighted by atomic mass is 10.2. The maximum absolute atomic E-state index is 11.6. The third kappa shape index (κ3) is 3.96. The minimum absolute atomic E-state index is 0.267. The largest absolute Gasteiger partial charge is 0.467 e. The molecule has 0 bridgehead atoms. The van der Waals surface area contributed by atoms with Crippen molar-refractivity contribution in [3.8, 4) is 0 Å². The quantitative estimate of drug-likeness (QED) is 0.466. The summed E-state index contributed by atoms with van der Waals surface area (Å²) in [5, 5.41) is 0. The van der Waals surface area contributed by atoms with Gasteiger partial charge in [0.1, 0.15) is 12.0 Å². The monoisotopic (exact) mass is 296 g/mol. The highest BCUT2D eigenvalue weighted by atomic mass is 16.6. The van der Waals surface area contributed by atoms with Crippen molar-refractivity contribution >= 4 is 12.0 Å². The summed E-state index contributed by atoms with van der Waals surface area (Å²) >= 11 is 0. The van der Waals surface area contributed by atoms with Crippen LogP contribution in [0, 0.1) is 0 Å². The van der Waals surface area contributed by atoms with E-state index < -0.39 is 0 Å². The normalized spacial score (nSPS) is 15.8. The maximum Gasteiger partial charge on any atom is 0.409 e. The molecule has 1 saturated heterocycles. The number of carbonyl (C=O) groups is 2. The lowest BCUT2D eigenvalue weighted by Crippen LogP contribution is -2.48. The van der Waals surface area contributed by atoms with Crippen molar-refractivity contribution in [2.24, 2.45) is 5.84 Å². The zero-order valence-corrected chi connectivity index (χ0v) is 12.0. The standard InChI is InChI=1S/C13H20N4O4/c1-2-20-13(19)17-5-3-16(4-6-17)8-11-7-10(9-21-11)12(18)15-14/h7,9H,2-6,8,14H2,1H3,(H,15,18). The third-order valence-electron chi connectivity index (χ3n) is 3.32. The third-order valence-corrected chi connectivity index (χ3v) is 3.32. The van der Waals surface area contributed by atoms with Crippen molar-refractivity contribution in [1.82, 2.24) is 15.2 Å². The number of nitrogens with one attached hydrogen (secondary N) is 1. The van der Waals surface area contributed by atoms with Gasteiger partial charge in [0.25, 0.3) is 5.91 Å². The van der Waals surface area contributed by atoms with Crippen molar-refractivity contribution in [1.29, 1.82) is 0 Å². The van der Waals surface area contributed by atoms with Crippen LogP contribution in [-0.4, -0.2) is 54.6 Å². The number of ether oxygens (including phenoxy) is 1. The van der Waals surface area contributed by atoms with Crippen LogP contribution in [0.3, 0.4) is 0 Å². The van der Waals surface area contributed by atoms with Gasteiger partial charge in [-0.1, -0.05) is 0 Å². The summed E-state index contributed by atoms with van der Waals surface area (Å²) < 4.78 is 10.3. The van der Waals surface area contributed by atoms with Crippen LogP contribution in [0.2, 0.25) is 0 Å². The molecule has 21 heavy (non-hydrogen) atoms. The molecule has 1 fully saturated rings. The summed E-state index contributed by atoms with van der Waals surface area (Å²) in [5.41, 5.74) is 2.46. The van der Waals surface area contributed by atoms with Crippen molar-refractivity contribution in [2.45, 2.75) is 13.5 Å². The molecule has 1 aromatic rings. The Labute approximate surface area is 122 Å². The second-order valence-corrected chi connectivity index (χ2v) is 4.74. The number of amides is 2. The summed E-state index contributed by atoms with van der Waals surface area (Å²) in [7, 11) is 0. The number of hydrogen-bond donors (Lipinski definition) is 2. The first-order valence-electron chi connectivity index (χ1n) is 6.86. The molecule has 1 aliphatic rings. The molecule has 0 aliphatic carbocycles. The van der Waals surface area contributed by atoms with Gasteiger partial charge in [0.05, 0.1) is 18.7 Å². The molecule has 2 heterocycles. The molecule has 2 amide bonds. The van der Waals surface area contributed by atoms with Gasteiger partial charge in [-0.15, -0.1) is 0 Å². The van der Waals surface area contributed by atoms with Gasteiger partial charge in [0.15, 0.2) is 0 Å². The molecule has 0 aromatic carbocycles. The Morgan fingerprint density at radius 1 is 1.38 bits per heavy atom. The van der Waals surface area contributed by atoms with E-state index in [1.54, 1.807) is 17.9 Å². The Kier molecular flexibility index (Phi) is 5.18. The van der Waals surface area contributed by atoms with E-state index in [0.29, 0.717) is 37.6 Å². The molecular weight excluding hydrogens is 276 g/mol. The van der Waals surface area contributed by atoms with E-state index in [4.69, 9.17) is 15.0 Å². The molecule has 0 atom stereocenters. The first-order valence-corrected chi connectivity index (χ1v) is 6.86. The maximum atomic E-state index is 11.6. The van der Waals surface area contributed by atoms with Gasteiger partial charge in [0.2, 0.25) is 0 Å². The number of rotatable bonds is 4. The predicted octanol–water partition coefficient (Wildman–Crippen LogP) is 0.157. The van der Waals surface area contributed by atoms with Gasteiger partial charge >= 0.3 is 6.09 Å². The summed E-state index contributed by atoms with van der Waals surface area (Å²) in [5.74, 6) is 5.38. The second kappa shape index (κ2) is 7.09. The Hall–Kier alpha value is -2.06. The van der Waals surface area contributed by atoms with Crippen LogP contribution in [0.1, 0.15) is 23.0 Å². The highest BCUT2D eigenvalue weighted by Crippen LogP contribution is 2.12. The van der Waals surface area contributed by atoms with Gasteiger partial charge in [-0.05, 0) is 13.0 Å². The fourth-order valence-electron chi connectivity index (χ4n) is 2.19. The van der Waals surface area contributed by atoms with E-state index in [1.165, 1.54) is 6.26 Å². The van der Waals surface area contributed by atoms with Gasteiger partial charge in [0, 0.05) is 26.2 Å². The number of carbonyl (C=O) groups excluding carboxylic acids is 2. The van der Waals surface area contributed by atoms with Gasteiger partial charge in [-0.2, -0.15) is 0 Å². The molecule has 2 rings (SSSR count). The summed E-state index contributed by atoms with van der Waals surface area (Å²) in [6.45, 7) is 5.48. The van der Waals surface area contributed by atoms with Crippen LogP contribution in [0.15, 0.2) is 16.7 Å². The SMILES string of the molecule is CCOC(=O)N1CCN(Cc2cc(C(=O)NN)co2)CC1. The summed E-state index contributed by atoms with van der Waals surface area (Å²) in [6, 6.07) is 1.67. The predicted molar refractivity (Wildman–Crippen MR) is 74.2 cm³/mol. The molecule has 116 valence electrons. The highest BCUT2D eigenvalue weighted by Gasteiger charge is 2.22. The molecule has 0 unspecified atom stereocenters. The van der Waals surface area contributed by atoms with Crippen LogP contribution in [0.4, 0.5) is 4.79 Å². The average Bonchev–Trinajstić information content (AvgIpc) is 2.96. The second-order valence-electron chi connectivity index (χ2n) is 4.74. The first kappa shape index (κ1) is 15.3. The number of nitrogens with zero attached hydrogens (tertiary/aromatic N) is 2. The van der Waals surface area contributed by atoms with Gasteiger partial charge in [-0.3, -0.25) is 15.1 Å². The van der Waals surface area contributed by atoms with Crippen LogP contribution in [0.5, 0.6) is 0 Å². The number of hydrazine groups is 1. The van der Waals surface area contributed by atoms with Crippen LogP contribution in [-0.2, 0) is 11.3 Å². The lowest BCUT2D eigenvalue weighted by Gasteiger charge is -2.33. The Balaban J connectivity index is 1.82. The number of piperazine rings is 1. The minimum Gasteiger partial charge on any atom is -0.467 e. The molecule has 8 nitrogen and oxygen atoms in total. The number of furan rings is 1. The zero-order valence-electron chi connectivity index (χ0n) is 12.0. The van der Waals surface area contributed by atoms with E-state index in [9.17, 15) is 9.59 Å². The Bertz CT molecular complexity index is 494. The molecular formula is C13H20N4O4. The Morgan fingerprint density at radius 2 is 2.10 bits per heavy atom. The van der Waals surface area contributed by atoms with Crippen molar-refractivity contribution in [3.63, 3.8) is 0 Å².